The number of ether oxygens (including phenoxy) is 1. The molecule has 0 radical (unpaired) electrons. The van der Waals surface area contributed by atoms with Crippen molar-refractivity contribution in [3.8, 4) is 5.75 Å². The van der Waals surface area contributed by atoms with Gasteiger partial charge in [0.15, 0.2) is 0 Å². The Morgan fingerprint density at radius 1 is 1.53 bits per heavy atom. The van der Waals surface area contributed by atoms with E-state index in [-0.39, 0.29) is 18.2 Å². The molecular formula is C13H17N3O3. The second-order valence-electron chi connectivity index (χ2n) is 4.32. The van der Waals surface area contributed by atoms with Gasteiger partial charge in [0, 0.05) is 25.7 Å². The lowest BCUT2D eigenvalue weighted by molar-refractivity contribution is -0.118. The molecule has 3 N–H and O–H groups in total. The molecule has 0 fully saturated rings. The molecule has 0 aromatic heterocycles. The van der Waals surface area contributed by atoms with E-state index >= 15 is 0 Å². The molecule has 6 heteroatoms. The van der Waals surface area contributed by atoms with Crippen molar-refractivity contribution in [3.05, 3.63) is 18.2 Å². The first-order chi connectivity index (χ1) is 9.11. The molecular weight excluding hydrogens is 246 g/mol. The largest absolute Gasteiger partial charge is 0.491 e. The Kier molecular flexibility index (Phi) is 4.01. The molecule has 19 heavy (non-hydrogen) atoms. The third kappa shape index (κ3) is 3.03. The second-order valence-corrected chi connectivity index (χ2v) is 4.32. The van der Waals surface area contributed by atoms with Crippen LogP contribution < -0.4 is 20.7 Å². The fraction of sp³-hybridized carbons (Fsp3) is 0.385. The van der Waals surface area contributed by atoms with E-state index in [9.17, 15) is 9.59 Å². The number of amides is 2. The van der Waals surface area contributed by atoms with E-state index in [1.807, 2.05) is 0 Å². The third-order valence-electron chi connectivity index (χ3n) is 2.94. The summed E-state index contributed by atoms with van der Waals surface area (Å²) in [6.45, 7) is 0.675. The lowest BCUT2D eigenvalue weighted by Crippen LogP contribution is -2.28. The number of hydrogen-bond donors (Lipinski definition) is 2. The highest BCUT2D eigenvalue weighted by Gasteiger charge is 2.16. The molecule has 0 saturated heterocycles. The Balaban J connectivity index is 2.24. The Morgan fingerprint density at radius 3 is 3.05 bits per heavy atom. The second kappa shape index (κ2) is 5.71. The molecule has 1 aliphatic heterocycles. The van der Waals surface area contributed by atoms with Crippen LogP contribution in [0.15, 0.2) is 18.2 Å². The van der Waals surface area contributed by atoms with E-state index in [0.29, 0.717) is 36.7 Å². The van der Waals surface area contributed by atoms with Crippen LogP contribution in [0.25, 0.3) is 0 Å². The van der Waals surface area contributed by atoms with Crippen LogP contribution in [0.2, 0.25) is 0 Å². The summed E-state index contributed by atoms with van der Waals surface area (Å²) in [5, 5.41) is 2.76. The maximum atomic E-state index is 11.8. The monoisotopic (exact) mass is 263 g/mol. The number of nitrogens with zero attached hydrogens (tertiary/aromatic N) is 1. The topological polar surface area (TPSA) is 84.7 Å². The van der Waals surface area contributed by atoms with Gasteiger partial charge in [-0.3, -0.25) is 9.59 Å². The Hall–Kier alpha value is -2.08. The lowest BCUT2D eigenvalue weighted by atomic mass is 10.2. The average Bonchev–Trinajstić information content (AvgIpc) is 2.57. The molecule has 6 nitrogen and oxygen atoms in total. The quantitative estimate of drug-likeness (QED) is 0.841. The van der Waals surface area contributed by atoms with Crippen LogP contribution in [-0.2, 0) is 9.59 Å². The van der Waals surface area contributed by atoms with Gasteiger partial charge in [-0.1, -0.05) is 0 Å². The average molecular weight is 263 g/mol. The number of carbonyl (C=O) groups is 2. The summed E-state index contributed by atoms with van der Waals surface area (Å²) in [6.07, 6.45) is 0.613. The summed E-state index contributed by atoms with van der Waals surface area (Å²) in [6, 6.07) is 5.26. The van der Waals surface area contributed by atoms with Crippen molar-refractivity contribution >= 4 is 23.2 Å². The van der Waals surface area contributed by atoms with E-state index < -0.39 is 0 Å². The number of hydrogen-bond acceptors (Lipinski definition) is 4. The first-order valence-corrected chi connectivity index (χ1v) is 6.15. The first kappa shape index (κ1) is 13.4. The van der Waals surface area contributed by atoms with Gasteiger partial charge in [0.25, 0.3) is 0 Å². The number of rotatable bonds is 3. The zero-order valence-corrected chi connectivity index (χ0v) is 10.8. The molecule has 0 saturated carbocycles. The summed E-state index contributed by atoms with van der Waals surface area (Å²) in [7, 11) is 1.68. The smallest absolute Gasteiger partial charge is 0.227 e. The van der Waals surface area contributed by atoms with E-state index in [2.05, 4.69) is 5.32 Å². The molecule has 1 aromatic carbocycles. The molecule has 2 rings (SSSR count). The fourth-order valence-electron chi connectivity index (χ4n) is 1.85. The molecule has 0 atom stereocenters. The van der Waals surface area contributed by atoms with Gasteiger partial charge in [-0.2, -0.15) is 0 Å². The van der Waals surface area contributed by atoms with Crippen LogP contribution >= 0.6 is 0 Å². The van der Waals surface area contributed by atoms with Crippen molar-refractivity contribution in [1.82, 2.24) is 0 Å². The van der Waals surface area contributed by atoms with Crippen molar-refractivity contribution < 1.29 is 14.3 Å². The number of nitrogens with one attached hydrogen (secondary N) is 1. The van der Waals surface area contributed by atoms with E-state index in [0.717, 1.165) is 0 Å². The van der Waals surface area contributed by atoms with Gasteiger partial charge in [0.2, 0.25) is 11.8 Å². The highest BCUT2D eigenvalue weighted by atomic mass is 16.5. The van der Waals surface area contributed by atoms with Crippen molar-refractivity contribution in [3.63, 3.8) is 0 Å². The van der Waals surface area contributed by atoms with Gasteiger partial charge in [-0.05, 0) is 18.2 Å². The molecule has 0 bridgehead atoms. The summed E-state index contributed by atoms with van der Waals surface area (Å²) in [5.41, 5.74) is 6.66. The van der Waals surface area contributed by atoms with Gasteiger partial charge < -0.3 is 20.7 Å². The van der Waals surface area contributed by atoms with Crippen LogP contribution in [-0.4, -0.2) is 32.0 Å². The molecule has 102 valence electrons. The van der Waals surface area contributed by atoms with Crippen LogP contribution in [0.4, 0.5) is 11.4 Å². The molecule has 1 aliphatic rings. The van der Waals surface area contributed by atoms with Gasteiger partial charge in [0.05, 0.1) is 18.7 Å². The van der Waals surface area contributed by atoms with E-state index in [1.165, 1.54) is 4.90 Å². The number of anilines is 2. The number of benzene rings is 1. The summed E-state index contributed by atoms with van der Waals surface area (Å²) in [4.78, 5) is 24.8. The van der Waals surface area contributed by atoms with Crippen LogP contribution in [0.1, 0.15) is 12.8 Å². The van der Waals surface area contributed by atoms with Crippen LogP contribution in [0, 0.1) is 0 Å². The number of fused-ring (bicyclic) bond motifs is 1. The summed E-state index contributed by atoms with van der Waals surface area (Å²) < 4.78 is 5.45. The van der Waals surface area contributed by atoms with Gasteiger partial charge in [-0.25, -0.2) is 0 Å². The third-order valence-corrected chi connectivity index (χ3v) is 2.94. The summed E-state index contributed by atoms with van der Waals surface area (Å²) in [5.74, 6) is 0.462. The normalized spacial score (nSPS) is 13.9. The standard InChI is InChI=1S/C13H17N3O3/c1-16(13(18)4-6-14)9-2-3-11-10(8-9)15-12(17)5-7-19-11/h2-3,8H,4-7,14H2,1H3,(H,15,17). The van der Waals surface area contributed by atoms with Crippen LogP contribution in [0.5, 0.6) is 5.75 Å². The summed E-state index contributed by atoms with van der Waals surface area (Å²) >= 11 is 0. The highest BCUT2D eigenvalue weighted by Crippen LogP contribution is 2.31. The maximum absolute atomic E-state index is 11.8. The number of carbonyl (C=O) groups excluding carboxylic acids is 2. The predicted octanol–water partition coefficient (Wildman–Crippen LogP) is 0.719. The van der Waals surface area contributed by atoms with Crippen LogP contribution in [0.3, 0.4) is 0 Å². The zero-order chi connectivity index (χ0) is 13.8. The van der Waals surface area contributed by atoms with E-state index in [1.54, 1.807) is 25.2 Å². The first-order valence-electron chi connectivity index (χ1n) is 6.15. The molecule has 0 aliphatic carbocycles. The van der Waals surface area contributed by atoms with E-state index in [4.69, 9.17) is 10.5 Å². The highest BCUT2D eigenvalue weighted by molar-refractivity contribution is 5.96. The number of nitrogens with two attached hydrogens (primary N) is 1. The minimum Gasteiger partial charge on any atom is -0.491 e. The zero-order valence-electron chi connectivity index (χ0n) is 10.8. The predicted molar refractivity (Wildman–Crippen MR) is 72.3 cm³/mol. The Labute approximate surface area is 111 Å². The molecule has 2 amide bonds. The molecule has 0 unspecified atom stereocenters. The van der Waals surface area contributed by atoms with Crippen molar-refractivity contribution in [2.75, 3.05) is 30.4 Å². The van der Waals surface area contributed by atoms with Crippen molar-refractivity contribution in [1.29, 1.82) is 0 Å². The Morgan fingerprint density at radius 2 is 2.32 bits per heavy atom. The van der Waals surface area contributed by atoms with Crippen molar-refractivity contribution in [2.24, 2.45) is 5.73 Å². The maximum Gasteiger partial charge on any atom is 0.227 e. The lowest BCUT2D eigenvalue weighted by Gasteiger charge is -2.18. The minimum absolute atomic E-state index is 0.0664. The molecule has 1 aromatic rings. The minimum atomic E-state index is -0.0909. The Bertz CT molecular complexity index is 502. The molecule has 0 spiro atoms. The van der Waals surface area contributed by atoms with Crippen molar-refractivity contribution in [2.45, 2.75) is 12.8 Å². The SMILES string of the molecule is CN(C(=O)CCN)c1ccc2c(c1)NC(=O)CCO2. The van der Waals surface area contributed by atoms with Gasteiger partial charge in [0.1, 0.15) is 5.75 Å². The van der Waals surface area contributed by atoms with Gasteiger partial charge >= 0.3 is 0 Å². The fourth-order valence-corrected chi connectivity index (χ4v) is 1.85. The van der Waals surface area contributed by atoms with Gasteiger partial charge in [-0.15, -0.1) is 0 Å². The molecule has 1 heterocycles.